The molecular formula is C15H23NO. The van der Waals surface area contributed by atoms with Gasteiger partial charge in [-0.1, -0.05) is 20.8 Å². The second kappa shape index (κ2) is 2.97. The van der Waals surface area contributed by atoms with Gasteiger partial charge in [0.05, 0.1) is 5.69 Å². The summed E-state index contributed by atoms with van der Waals surface area (Å²) in [6.45, 7) is 6.76. The predicted octanol–water partition coefficient (Wildman–Crippen LogP) is 3.06. The zero-order valence-electron chi connectivity index (χ0n) is 11.3. The van der Waals surface area contributed by atoms with Crippen LogP contribution in [0.2, 0.25) is 0 Å². The molecule has 2 aliphatic rings. The van der Waals surface area contributed by atoms with Gasteiger partial charge in [0.1, 0.15) is 5.60 Å². The summed E-state index contributed by atoms with van der Waals surface area (Å²) in [5.41, 5.74) is 0.438. The van der Waals surface area contributed by atoms with Gasteiger partial charge in [-0.2, -0.15) is 0 Å². The molecule has 0 spiro atoms. The maximum atomic E-state index is 11.5. The van der Waals surface area contributed by atoms with Crippen LogP contribution in [0.1, 0.15) is 45.7 Å². The lowest BCUT2D eigenvalue weighted by Crippen LogP contribution is -2.52. The van der Waals surface area contributed by atoms with Crippen LogP contribution in [0, 0.1) is 16.7 Å². The normalized spacial score (nSPS) is 43.2. The van der Waals surface area contributed by atoms with Crippen LogP contribution in [-0.2, 0) is 12.6 Å². The number of nitrogens with zero attached hydrogens (tertiary/aromatic N) is 1. The van der Waals surface area contributed by atoms with E-state index in [4.69, 9.17) is 0 Å². The molecule has 17 heavy (non-hydrogen) atoms. The van der Waals surface area contributed by atoms with E-state index < -0.39 is 5.60 Å². The van der Waals surface area contributed by atoms with Gasteiger partial charge in [0.2, 0.25) is 0 Å². The van der Waals surface area contributed by atoms with E-state index in [9.17, 15) is 5.11 Å². The van der Waals surface area contributed by atoms with Gasteiger partial charge in [0, 0.05) is 24.1 Å². The van der Waals surface area contributed by atoms with Crippen LogP contribution >= 0.6 is 0 Å². The highest BCUT2D eigenvalue weighted by atomic mass is 16.3. The van der Waals surface area contributed by atoms with Gasteiger partial charge in [-0.05, 0) is 37.3 Å². The lowest BCUT2D eigenvalue weighted by Gasteiger charge is -2.50. The minimum absolute atomic E-state index is 0.0217. The third-order valence-electron chi connectivity index (χ3n) is 5.88. The Morgan fingerprint density at radius 1 is 1.35 bits per heavy atom. The van der Waals surface area contributed by atoms with Gasteiger partial charge >= 0.3 is 0 Å². The molecule has 0 aromatic carbocycles. The van der Waals surface area contributed by atoms with Crippen LogP contribution in [0.5, 0.6) is 0 Å². The van der Waals surface area contributed by atoms with Crippen molar-refractivity contribution in [2.75, 3.05) is 0 Å². The molecular weight excluding hydrogens is 210 g/mol. The fraction of sp³-hybridized carbons (Fsp3) is 0.733. The van der Waals surface area contributed by atoms with E-state index in [1.165, 1.54) is 12.8 Å². The van der Waals surface area contributed by atoms with Gasteiger partial charge in [0.25, 0.3) is 0 Å². The second-order valence-electron chi connectivity index (χ2n) is 6.94. The highest BCUT2D eigenvalue weighted by Gasteiger charge is 2.69. The van der Waals surface area contributed by atoms with Crippen molar-refractivity contribution in [3.8, 4) is 0 Å². The summed E-state index contributed by atoms with van der Waals surface area (Å²) in [6.07, 6.45) is 5.64. The average Bonchev–Trinajstić information content (AvgIpc) is 2.86. The molecule has 2 fully saturated rings. The molecule has 0 amide bonds. The molecule has 1 aromatic heterocycles. The van der Waals surface area contributed by atoms with Crippen molar-refractivity contribution in [1.82, 2.24) is 4.57 Å². The molecule has 2 aliphatic carbocycles. The highest BCUT2D eigenvalue weighted by Crippen LogP contribution is 2.71. The zero-order chi connectivity index (χ0) is 12.5. The first-order valence-electron chi connectivity index (χ1n) is 6.67. The molecule has 2 heteroatoms. The highest BCUT2D eigenvalue weighted by molar-refractivity contribution is 5.29. The fourth-order valence-corrected chi connectivity index (χ4v) is 4.73. The Hall–Kier alpha value is -0.760. The molecule has 3 rings (SSSR count). The van der Waals surface area contributed by atoms with E-state index >= 15 is 0 Å². The molecule has 1 N–H and O–H groups in total. The van der Waals surface area contributed by atoms with E-state index in [0.717, 1.165) is 12.1 Å². The van der Waals surface area contributed by atoms with Crippen molar-refractivity contribution in [2.45, 2.75) is 45.6 Å². The summed E-state index contributed by atoms with van der Waals surface area (Å²) in [4.78, 5) is 0. The van der Waals surface area contributed by atoms with Crippen molar-refractivity contribution < 1.29 is 5.11 Å². The maximum Gasteiger partial charge on any atom is 0.115 e. The zero-order valence-corrected chi connectivity index (χ0v) is 11.3. The van der Waals surface area contributed by atoms with Crippen molar-refractivity contribution in [2.24, 2.45) is 23.8 Å². The number of hydrogen-bond acceptors (Lipinski definition) is 1. The molecule has 0 unspecified atom stereocenters. The molecule has 1 aromatic rings. The number of fused-ring (bicyclic) bond motifs is 2. The summed E-state index contributed by atoms with van der Waals surface area (Å²) in [5.74, 6) is 0.660. The summed E-state index contributed by atoms with van der Waals surface area (Å²) in [7, 11) is 2.04. The van der Waals surface area contributed by atoms with Crippen molar-refractivity contribution in [3.05, 3.63) is 24.0 Å². The summed E-state index contributed by atoms with van der Waals surface area (Å²) in [5, 5.41) is 11.5. The van der Waals surface area contributed by atoms with Crippen molar-refractivity contribution >= 4 is 0 Å². The van der Waals surface area contributed by atoms with Crippen molar-refractivity contribution in [1.29, 1.82) is 0 Å². The Labute approximate surface area is 104 Å². The van der Waals surface area contributed by atoms with Gasteiger partial charge in [-0.3, -0.25) is 0 Å². The summed E-state index contributed by atoms with van der Waals surface area (Å²) < 4.78 is 2.09. The number of aromatic nitrogens is 1. The lowest BCUT2D eigenvalue weighted by molar-refractivity contribution is -0.155. The molecule has 0 radical (unpaired) electrons. The molecule has 2 bridgehead atoms. The Kier molecular flexibility index (Phi) is 1.98. The smallest absolute Gasteiger partial charge is 0.115 e. The van der Waals surface area contributed by atoms with E-state index in [1.54, 1.807) is 0 Å². The van der Waals surface area contributed by atoms with Crippen LogP contribution in [0.4, 0.5) is 0 Å². The van der Waals surface area contributed by atoms with E-state index in [2.05, 4.69) is 31.4 Å². The standard InChI is InChI=1S/C15H23NO/c1-13(2)11-7-8-14(3,10-11)15(13,17)12-6-5-9-16(12)4/h5-6,9,11,17H,7-8,10H2,1-4H3/t11-,14+,15+/m0/s1. The van der Waals surface area contributed by atoms with E-state index in [0.29, 0.717) is 5.92 Å². The summed E-state index contributed by atoms with van der Waals surface area (Å²) in [6, 6.07) is 4.13. The van der Waals surface area contributed by atoms with E-state index in [-0.39, 0.29) is 10.8 Å². The monoisotopic (exact) mass is 233 g/mol. The van der Waals surface area contributed by atoms with Gasteiger partial charge in [0.15, 0.2) is 0 Å². The molecule has 0 saturated heterocycles. The topological polar surface area (TPSA) is 25.2 Å². The Morgan fingerprint density at radius 3 is 2.53 bits per heavy atom. The van der Waals surface area contributed by atoms with Crippen LogP contribution in [0.15, 0.2) is 18.3 Å². The number of aryl methyl sites for hydroxylation is 1. The predicted molar refractivity (Wildman–Crippen MR) is 68.5 cm³/mol. The maximum absolute atomic E-state index is 11.5. The third-order valence-corrected chi connectivity index (χ3v) is 5.88. The van der Waals surface area contributed by atoms with Crippen molar-refractivity contribution in [3.63, 3.8) is 0 Å². The first-order valence-corrected chi connectivity index (χ1v) is 6.67. The SMILES string of the molecule is Cn1cccc1[C@@]1(O)C(C)(C)[C@H]2CC[C@]1(C)C2. The number of rotatable bonds is 1. The molecule has 2 nitrogen and oxygen atoms in total. The Balaban J connectivity index is 2.21. The number of aliphatic hydroxyl groups is 1. The molecule has 1 heterocycles. The van der Waals surface area contributed by atoms with Crippen LogP contribution in [0.3, 0.4) is 0 Å². The molecule has 0 aliphatic heterocycles. The minimum atomic E-state index is -0.679. The van der Waals surface area contributed by atoms with Gasteiger partial charge < -0.3 is 9.67 Å². The Morgan fingerprint density at radius 2 is 2.06 bits per heavy atom. The molecule has 3 atom stereocenters. The molecule has 2 saturated carbocycles. The first kappa shape index (κ1) is 11.3. The summed E-state index contributed by atoms with van der Waals surface area (Å²) >= 11 is 0. The van der Waals surface area contributed by atoms with Gasteiger partial charge in [-0.15, -0.1) is 0 Å². The third kappa shape index (κ3) is 1.06. The van der Waals surface area contributed by atoms with Crippen LogP contribution < -0.4 is 0 Å². The molecule has 94 valence electrons. The number of hydrogen-bond donors (Lipinski definition) is 1. The quantitative estimate of drug-likeness (QED) is 0.792. The fourth-order valence-electron chi connectivity index (χ4n) is 4.73. The largest absolute Gasteiger partial charge is 0.382 e. The minimum Gasteiger partial charge on any atom is -0.382 e. The van der Waals surface area contributed by atoms with Crippen LogP contribution in [-0.4, -0.2) is 9.67 Å². The van der Waals surface area contributed by atoms with E-state index in [1.807, 2.05) is 19.3 Å². The second-order valence-corrected chi connectivity index (χ2v) is 6.94. The first-order chi connectivity index (χ1) is 7.83. The van der Waals surface area contributed by atoms with Gasteiger partial charge in [-0.25, -0.2) is 0 Å². The lowest BCUT2D eigenvalue weighted by atomic mass is 9.59. The average molecular weight is 233 g/mol. The Bertz CT molecular complexity index is 454. The van der Waals surface area contributed by atoms with Crippen LogP contribution in [0.25, 0.3) is 0 Å².